The van der Waals surface area contributed by atoms with Crippen molar-refractivity contribution >= 4 is 5.78 Å². The van der Waals surface area contributed by atoms with Gasteiger partial charge in [-0.3, -0.25) is 4.79 Å². The summed E-state index contributed by atoms with van der Waals surface area (Å²) in [6.07, 6.45) is 4.69. The van der Waals surface area contributed by atoms with Crippen LogP contribution in [0.2, 0.25) is 0 Å². The Morgan fingerprint density at radius 3 is 3.13 bits per heavy atom. The summed E-state index contributed by atoms with van der Waals surface area (Å²) in [5.74, 6) is 0.939. The van der Waals surface area contributed by atoms with E-state index in [0.717, 1.165) is 25.7 Å². The highest BCUT2D eigenvalue weighted by Crippen LogP contribution is 2.47. The van der Waals surface area contributed by atoms with Crippen molar-refractivity contribution in [1.29, 1.82) is 0 Å². The van der Waals surface area contributed by atoms with Crippen LogP contribution in [0.5, 0.6) is 0 Å². The molecule has 0 aliphatic heterocycles. The van der Waals surface area contributed by atoms with Crippen LogP contribution < -0.4 is 0 Å². The number of ketones is 1. The lowest BCUT2D eigenvalue weighted by Crippen LogP contribution is -2.31. The Bertz CT molecular complexity index is 299. The van der Waals surface area contributed by atoms with Crippen molar-refractivity contribution < 1.29 is 7.54 Å². The first-order valence-electron chi connectivity index (χ1n) is 7.09. The summed E-state index contributed by atoms with van der Waals surface area (Å²) in [7, 11) is 0. The van der Waals surface area contributed by atoms with Crippen LogP contribution in [0.3, 0.4) is 0 Å². The van der Waals surface area contributed by atoms with E-state index in [1.54, 1.807) is 0 Å². The predicted octanol–water partition coefficient (Wildman–Crippen LogP) is 3.98. The zero-order valence-electron chi connectivity index (χ0n) is 12.1. The highest BCUT2D eigenvalue weighted by molar-refractivity contribution is 5.86. The molecule has 0 N–H and O–H groups in total. The van der Waals surface area contributed by atoms with Gasteiger partial charge in [0.05, 0.1) is 1.37 Å². The molecule has 0 amide bonds. The minimum atomic E-state index is -0.515. The average Bonchev–Trinajstić information content (AvgIpc) is 2.50. The minimum Gasteiger partial charge on any atom is -0.299 e. The Morgan fingerprint density at radius 2 is 2.53 bits per heavy atom. The summed E-state index contributed by atoms with van der Waals surface area (Å²) in [4.78, 5) is 12.2. The van der Waals surface area contributed by atoms with Gasteiger partial charge >= 0.3 is 0 Å². The van der Waals surface area contributed by atoms with Crippen molar-refractivity contribution in [2.75, 3.05) is 0 Å². The number of allylic oxidation sites excluding steroid dienone is 1. The van der Waals surface area contributed by atoms with Crippen LogP contribution in [0.4, 0.5) is 0 Å². The van der Waals surface area contributed by atoms with E-state index in [2.05, 4.69) is 13.8 Å². The third-order valence-corrected chi connectivity index (χ3v) is 3.81. The molecule has 1 rings (SSSR count). The number of carbonyl (C=O) groups is 1. The topological polar surface area (TPSA) is 17.1 Å². The molecule has 0 aromatic heterocycles. The lowest BCUT2D eigenvalue weighted by Gasteiger charge is -2.32. The molecule has 1 nitrogen and oxygen atoms in total. The molecule has 0 aromatic carbocycles. The van der Waals surface area contributed by atoms with E-state index in [-0.39, 0.29) is 11.2 Å². The summed E-state index contributed by atoms with van der Waals surface area (Å²) < 4.78 is 14.8. The van der Waals surface area contributed by atoms with Gasteiger partial charge in [-0.05, 0) is 37.5 Å². The molecule has 0 unspecified atom stereocenters. The maximum Gasteiger partial charge on any atom is 0.139 e. The van der Waals surface area contributed by atoms with E-state index < -0.39 is 6.40 Å². The fourth-order valence-corrected chi connectivity index (χ4v) is 2.81. The number of carbonyl (C=O) groups excluding carboxylic acids is 1. The molecule has 0 heterocycles. The Hall–Kier alpha value is -0.590. The third-order valence-electron chi connectivity index (χ3n) is 3.81. The van der Waals surface area contributed by atoms with E-state index in [1.807, 2.05) is 13.0 Å². The van der Waals surface area contributed by atoms with Gasteiger partial charge in [0.1, 0.15) is 5.78 Å². The summed E-state index contributed by atoms with van der Waals surface area (Å²) in [6.45, 7) is 7.65. The standard InChI is InChI=1S/C14H24O/c1-5-6-7-10-14(4)12(11(2)3)8-9-13(14)15/h5,11-12H,1,6-10H2,2-4H3/t12-,14-/m1/s1/i1D,9D/t9-,12+,14+/m0. The quantitative estimate of drug-likeness (QED) is 0.495. The first-order valence-corrected chi connectivity index (χ1v) is 5.93. The molecular formula is C14H24O. The second-order valence-electron chi connectivity index (χ2n) is 5.20. The van der Waals surface area contributed by atoms with Gasteiger partial charge in [0, 0.05) is 13.2 Å². The summed E-state index contributed by atoms with van der Waals surface area (Å²) in [5.41, 5.74) is -0.309. The average molecular weight is 210 g/mol. The fraction of sp³-hybridized carbons (Fsp3) is 0.786. The Labute approximate surface area is 96.8 Å². The number of unbranched alkanes of at least 4 members (excludes halogenated alkanes) is 1. The van der Waals surface area contributed by atoms with E-state index in [0.29, 0.717) is 11.8 Å². The maximum absolute atomic E-state index is 12.2. The number of Topliss-reactive ketones (excluding diaryl/α,β-unsaturated/α-hetero) is 1. The SMILES string of the molecule is [2H]C=CCCC[C@@]1(C)C(=O)[C@@H]([2H])C[C@@H]1C(C)C. The van der Waals surface area contributed by atoms with Gasteiger partial charge in [0.2, 0.25) is 0 Å². The molecular weight excluding hydrogens is 184 g/mol. The van der Waals surface area contributed by atoms with Crippen molar-refractivity contribution in [2.45, 2.75) is 52.9 Å². The molecule has 0 radical (unpaired) electrons. The molecule has 1 heteroatoms. The second kappa shape index (κ2) is 4.96. The first kappa shape index (κ1) is 9.62. The van der Waals surface area contributed by atoms with Crippen molar-refractivity contribution in [3.8, 4) is 0 Å². The summed E-state index contributed by atoms with van der Waals surface area (Å²) in [6, 6.07) is 0. The molecule has 86 valence electrons. The fourth-order valence-electron chi connectivity index (χ4n) is 2.81. The van der Waals surface area contributed by atoms with Gasteiger partial charge in [-0.25, -0.2) is 0 Å². The van der Waals surface area contributed by atoms with Crippen LogP contribution in [0.1, 0.15) is 55.6 Å². The first-order chi connectivity index (χ1) is 7.93. The lowest BCUT2D eigenvalue weighted by atomic mass is 9.70. The van der Waals surface area contributed by atoms with Crippen LogP contribution in [0, 0.1) is 17.3 Å². The molecule has 1 fully saturated rings. The maximum atomic E-state index is 12.2. The van der Waals surface area contributed by atoms with Gasteiger partial charge in [-0.15, -0.1) is 6.55 Å². The Kier molecular flexibility index (Phi) is 3.18. The van der Waals surface area contributed by atoms with Gasteiger partial charge in [-0.2, -0.15) is 0 Å². The Morgan fingerprint density at radius 1 is 1.80 bits per heavy atom. The van der Waals surface area contributed by atoms with Crippen LogP contribution >= 0.6 is 0 Å². The molecule has 15 heavy (non-hydrogen) atoms. The normalized spacial score (nSPS) is 38.8. The number of hydrogen-bond acceptors (Lipinski definition) is 1. The van der Waals surface area contributed by atoms with Crippen molar-refractivity contribution in [2.24, 2.45) is 17.3 Å². The zero-order chi connectivity index (χ0) is 13.1. The zero-order valence-corrected chi connectivity index (χ0v) is 10.1. The molecule has 1 aliphatic carbocycles. The van der Waals surface area contributed by atoms with Crippen LogP contribution in [-0.4, -0.2) is 5.78 Å². The molecule has 1 aliphatic rings. The third kappa shape index (κ3) is 2.50. The van der Waals surface area contributed by atoms with Crippen molar-refractivity contribution in [3.05, 3.63) is 12.6 Å². The molecule has 3 atom stereocenters. The highest BCUT2D eigenvalue weighted by Gasteiger charge is 2.46. The van der Waals surface area contributed by atoms with E-state index in [4.69, 9.17) is 2.74 Å². The monoisotopic (exact) mass is 210 g/mol. The molecule has 0 aromatic rings. The van der Waals surface area contributed by atoms with Gasteiger partial charge in [0.15, 0.2) is 0 Å². The minimum absolute atomic E-state index is 0.131. The Balaban J connectivity index is 2.70. The predicted molar refractivity (Wildman–Crippen MR) is 64.7 cm³/mol. The van der Waals surface area contributed by atoms with Gasteiger partial charge < -0.3 is 0 Å². The number of rotatable bonds is 5. The van der Waals surface area contributed by atoms with Crippen molar-refractivity contribution in [3.63, 3.8) is 0 Å². The lowest BCUT2D eigenvalue weighted by molar-refractivity contribution is -0.127. The molecule has 1 saturated carbocycles. The van der Waals surface area contributed by atoms with Gasteiger partial charge in [0.25, 0.3) is 0 Å². The second-order valence-corrected chi connectivity index (χ2v) is 5.20. The van der Waals surface area contributed by atoms with E-state index >= 15 is 0 Å². The summed E-state index contributed by atoms with van der Waals surface area (Å²) in [5, 5.41) is 0. The van der Waals surface area contributed by atoms with Crippen LogP contribution in [-0.2, 0) is 4.79 Å². The smallest absolute Gasteiger partial charge is 0.139 e. The van der Waals surface area contributed by atoms with E-state index in [1.165, 1.54) is 6.55 Å². The number of hydrogen-bond donors (Lipinski definition) is 0. The van der Waals surface area contributed by atoms with Gasteiger partial charge in [-0.1, -0.05) is 26.8 Å². The van der Waals surface area contributed by atoms with Crippen molar-refractivity contribution in [1.82, 2.24) is 0 Å². The van der Waals surface area contributed by atoms with E-state index in [9.17, 15) is 4.79 Å². The molecule has 0 bridgehead atoms. The highest BCUT2D eigenvalue weighted by atomic mass is 16.1. The molecule has 0 saturated heterocycles. The van der Waals surface area contributed by atoms with Crippen LogP contribution in [0.25, 0.3) is 0 Å². The largest absolute Gasteiger partial charge is 0.299 e. The molecule has 0 spiro atoms. The summed E-state index contributed by atoms with van der Waals surface area (Å²) >= 11 is 0. The van der Waals surface area contributed by atoms with Crippen LogP contribution in [0.15, 0.2) is 12.6 Å².